The number of carbonyl (C=O) groups is 1. The molecule has 0 spiro atoms. The molecule has 0 aliphatic heterocycles. The number of rotatable bonds is 11. The molecule has 0 aromatic heterocycles. The minimum absolute atomic E-state index is 0. The molecule has 0 saturated heterocycles. The Labute approximate surface area is 222 Å². The van der Waals surface area contributed by atoms with Crippen LogP contribution in [-0.4, -0.2) is 43.3 Å². The average molecular weight is 554 g/mol. The molecule has 0 aliphatic rings. The second kappa shape index (κ2) is 12.6. The van der Waals surface area contributed by atoms with Crippen LogP contribution in [0.1, 0.15) is 31.1 Å². The van der Waals surface area contributed by atoms with Gasteiger partial charge in [-0.2, -0.15) is 0 Å². The smallest absolute Gasteiger partial charge is 0.347 e. The van der Waals surface area contributed by atoms with Crippen LogP contribution in [0.3, 0.4) is 0 Å². The van der Waals surface area contributed by atoms with Crippen molar-refractivity contribution in [2.75, 3.05) is 13.1 Å². The van der Waals surface area contributed by atoms with Gasteiger partial charge in [0.05, 0.1) is 15.9 Å². The van der Waals surface area contributed by atoms with E-state index in [1.54, 1.807) is 42.5 Å². The van der Waals surface area contributed by atoms with E-state index < -0.39 is 27.5 Å². The Hall–Kier alpha value is -2.62. The summed E-state index contributed by atoms with van der Waals surface area (Å²) in [7, 11) is -3.81. The number of sulfone groups is 1. The van der Waals surface area contributed by atoms with E-state index in [1.807, 2.05) is 6.07 Å². The Bertz CT molecular complexity index is 1280. The van der Waals surface area contributed by atoms with E-state index in [9.17, 15) is 23.4 Å². The number of carboxylic acids is 1. The highest BCUT2D eigenvalue weighted by Gasteiger charge is 2.30. The highest BCUT2D eigenvalue weighted by molar-refractivity contribution is 7.91. The van der Waals surface area contributed by atoms with Crippen molar-refractivity contribution in [2.24, 2.45) is 0 Å². The van der Waals surface area contributed by atoms with Crippen LogP contribution in [0.2, 0.25) is 5.02 Å². The number of hydrogen-bond donors (Lipinski definition) is 3. The fourth-order valence-electron chi connectivity index (χ4n) is 3.32. The number of hydrogen-bond acceptors (Lipinski definition) is 6. The normalized spacial score (nSPS) is 12.4. The van der Waals surface area contributed by atoms with Gasteiger partial charge in [-0.15, -0.1) is 12.4 Å². The van der Waals surface area contributed by atoms with Gasteiger partial charge < -0.3 is 20.3 Å². The van der Waals surface area contributed by atoms with Gasteiger partial charge in [-0.1, -0.05) is 41.9 Å². The van der Waals surface area contributed by atoms with Gasteiger partial charge >= 0.3 is 5.97 Å². The molecule has 0 fully saturated rings. The Morgan fingerprint density at radius 3 is 2.33 bits per heavy atom. The van der Waals surface area contributed by atoms with Crippen LogP contribution in [-0.2, 0) is 21.1 Å². The number of aliphatic hydroxyl groups is 1. The lowest BCUT2D eigenvalue weighted by atomic mass is 10.1. The van der Waals surface area contributed by atoms with Crippen molar-refractivity contribution >= 4 is 39.8 Å². The molecule has 0 bridgehead atoms. The lowest BCUT2D eigenvalue weighted by molar-refractivity contribution is -0.152. The first kappa shape index (κ1) is 29.6. The molecule has 0 saturated carbocycles. The van der Waals surface area contributed by atoms with E-state index in [2.05, 4.69) is 5.32 Å². The van der Waals surface area contributed by atoms with Gasteiger partial charge in [-0.3, -0.25) is 0 Å². The Morgan fingerprint density at radius 1 is 1.03 bits per heavy atom. The summed E-state index contributed by atoms with van der Waals surface area (Å²) in [6.45, 7) is 3.75. The number of nitrogens with one attached hydrogen (secondary N) is 1. The zero-order valence-electron chi connectivity index (χ0n) is 19.8. The van der Waals surface area contributed by atoms with Gasteiger partial charge in [-0.25, -0.2) is 13.2 Å². The molecule has 194 valence electrons. The summed E-state index contributed by atoms with van der Waals surface area (Å²) in [6.07, 6.45) is -0.0297. The van der Waals surface area contributed by atoms with Crippen molar-refractivity contribution < 1.29 is 28.2 Å². The zero-order valence-corrected chi connectivity index (χ0v) is 22.2. The van der Waals surface area contributed by atoms with E-state index in [4.69, 9.17) is 16.3 Å². The van der Waals surface area contributed by atoms with E-state index in [-0.39, 0.29) is 27.9 Å². The molecule has 1 atom stereocenters. The van der Waals surface area contributed by atoms with Crippen LogP contribution >= 0.6 is 24.0 Å². The molecule has 3 aromatic rings. The van der Waals surface area contributed by atoms with Crippen molar-refractivity contribution in [2.45, 2.75) is 41.8 Å². The van der Waals surface area contributed by atoms with E-state index in [1.165, 1.54) is 38.1 Å². The molecule has 36 heavy (non-hydrogen) atoms. The predicted octanol–water partition coefficient (Wildman–Crippen LogP) is 4.70. The van der Waals surface area contributed by atoms with Gasteiger partial charge in [0.2, 0.25) is 9.84 Å². The summed E-state index contributed by atoms with van der Waals surface area (Å²) in [5.41, 5.74) is 0.178. The van der Waals surface area contributed by atoms with Crippen molar-refractivity contribution in [3.63, 3.8) is 0 Å². The molecule has 0 unspecified atom stereocenters. The fraction of sp³-hybridized carbons (Fsp3) is 0.269. The Morgan fingerprint density at radius 2 is 1.69 bits per heavy atom. The molecular formula is C26H29Cl2NO6S. The second-order valence-corrected chi connectivity index (χ2v) is 11.0. The molecule has 0 amide bonds. The molecule has 0 heterocycles. The molecule has 3 N–H and O–H groups in total. The maximum absolute atomic E-state index is 13.1. The van der Waals surface area contributed by atoms with E-state index in [0.717, 1.165) is 11.1 Å². The first-order valence-corrected chi connectivity index (χ1v) is 12.9. The second-order valence-electron chi connectivity index (χ2n) is 8.56. The van der Waals surface area contributed by atoms with E-state index in [0.29, 0.717) is 24.5 Å². The summed E-state index contributed by atoms with van der Waals surface area (Å²) < 4.78 is 31.6. The number of aliphatic carboxylic acids is 1. The van der Waals surface area contributed by atoms with Crippen molar-refractivity contribution in [1.29, 1.82) is 0 Å². The summed E-state index contributed by atoms with van der Waals surface area (Å²) >= 11 is 5.96. The molecule has 3 rings (SSSR count). The first-order valence-electron chi connectivity index (χ1n) is 11.0. The largest absolute Gasteiger partial charge is 0.478 e. The molecular weight excluding hydrogens is 525 g/mol. The SMILES string of the molecule is CC(C)(Oc1cccc(S(=O)(=O)c2ccc(CCNC[C@H](O)c3cccc(Cl)c3)cc2)c1)C(=O)O.Cl. The minimum Gasteiger partial charge on any atom is -0.478 e. The van der Waals surface area contributed by atoms with Crippen LogP contribution in [0.15, 0.2) is 82.6 Å². The molecule has 10 heteroatoms. The van der Waals surface area contributed by atoms with Crippen molar-refractivity contribution in [1.82, 2.24) is 5.32 Å². The third-order valence-corrected chi connectivity index (χ3v) is 7.40. The van der Waals surface area contributed by atoms with Gasteiger partial charge in [0, 0.05) is 11.6 Å². The zero-order chi connectivity index (χ0) is 25.6. The molecule has 3 aromatic carbocycles. The van der Waals surface area contributed by atoms with Gasteiger partial charge in [0.1, 0.15) is 5.75 Å². The maximum atomic E-state index is 13.1. The molecule has 7 nitrogen and oxygen atoms in total. The van der Waals surface area contributed by atoms with Crippen LogP contribution in [0.4, 0.5) is 0 Å². The fourth-order valence-corrected chi connectivity index (χ4v) is 4.81. The maximum Gasteiger partial charge on any atom is 0.347 e. The van der Waals surface area contributed by atoms with Crippen LogP contribution in [0.5, 0.6) is 5.75 Å². The van der Waals surface area contributed by atoms with Gasteiger partial charge in [0.25, 0.3) is 0 Å². The quantitative estimate of drug-likeness (QED) is 0.295. The third-order valence-electron chi connectivity index (χ3n) is 5.40. The molecule has 0 radical (unpaired) electrons. The topological polar surface area (TPSA) is 113 Å². The van der Waals surface area contributed by atoms with Crippen LogP contribution in [0, 0.1) is 0 Å². The third kappa shape index (κ3) is 7.69. The Kier molecular flexibility index (Phi) is 10.3. The average Bonchev–Trinajstić information content (AvgIpc) is 2.82. The number of ether oxygens (including phenoxy) is 1. The highest BCUT2D eigenvalue weighted by atomic mass is 35.5. The summed E-state index contributed by atoms with van der Waals surface area (Å²) in [5.74, 6) is -1.00. The predicted molar refractivity (Wildman–Crippen MR) is 141 cm³/mol. The first-order chi connectivity index (χ1) is 16.5. The van der Waals surface area contributed by atoms with Gasteiger partial charge in [-0.05, 0) is 80.4 Å². The molecule has 0 aliphatic carbocycles. The highest BCUT2D eigenvalue weighted by Crippen LogP contribution is 2.27. The summed E-state index contributed by atoms with van der Waals surface area (Å²) in [4.78, 5) is 11.4. The number of carboxylic acid groups (broad SMARTS) is 1. The monoisotopic (exact) mass is 553 g/mol. The standard InChI is InChI=1S/C26H28ClNO6S.ClH/c1-26(2,25(30)31)34-21-7-4-8-23(16-21)35(32,33)22-11-9-18(10-12-22)13-14-28-17-24(29)19-5-3-6-20(27)15-19;/h3-12,15-16,24,28-29H,13-14,17H2,1-2H3,(H,30,31);1H/t24-;/m0./s1. The number of halogens is 2. The van der Waals surface area contributed by atoms with Gasteiger partial charge in [0.15, 0.2) is 5.60 Å². The van der Waals surface area contributed by atoms with Crippen molar-refractivity contribution in [3.8, 4) is 5.75 Å². The van der Waals surface area contributed by atoms with E-state index >= 15 is 0 Å². The van der Waals surface area contributed by atoms with Crippen LogP contribution < -0.4 is 10.1 Å². The number of aliphatic hydroxyl groups excluding tert-OH is 1. The minimum atomic E-state index is -3.81. The Balaban J connectivity index is 0.00000456. The van der Waals surface area contributed by atoms with Crippen molar-refractivity contribution in [3.05, 3.63) is 88.9 Å². The summed E-state index contributed by atoms with van der Waals surface area (Å²) in [6, 6.07) is 19.4. The van der Waals surface area contributed by atoms with Crippen LogP contribution in [0.25, 0.3) is 0 Å². The lowest BCUT2D eigenvalue weighted by Gasteiger charge is -2.21. The number of benzene rings is 3. The summed E-state index contributed by atoms with van der Waals surface area (Å²) in [5, 5.41) is 23.3. The lowest BCUT2D eigenvalue weighted by Crippen LogP contribution is -2.37.